The van der Waals surface area contributed by atoms with Gasteiger partial charge in [0.1, 0.15) is 5.75 Å². The van der Waals surface area contributed by atoms with Crippen LogP contribution in [-0.4, -0.2) is 23.0 Å². The van der Waals surface area contributed by atoms with E-state index in [1.165, 1.54) is 10.2 Å². The first-order valence-corrected chi connectivity index (χ1v) is 8.93. The molecule has 2 aromatic carbocycles. The Morgan fingerprint density at radius 2 is 2.00 bits per heavy atom. The normalized spacial score (nSPS) is 11.2. The summed E-state index contributed by atoms with van der Waals surface area (Å²) in [5, 5.41) is 3.14. The van der Waals surface area contributed by atoms with E-state index < -0.39 is 0 Å². The lowest BCUT2D eigenvalue weighted by molar-refractivity contribution is 0.318. The van der Waals surface area contributed by atoms with Crippen molar-refractivity contribution in [3.63, 3.8) is 0 Å². The maximum Gasteiger partial charge on any atom is 0.195 e. The Balaban J connectivity index is 1.72. The second-order valence-electron chi connectivity index (χ2n) is 5.69. The molecular formula is C19H19N3OS. The summed E-state index contributed by atoms with van der Waals surface area (Å²) >= 11 is 1.69. The van der Waals surface area contributed by atoms with Crippen molar-refractivity contribution in [2.24, 2.45) is 0 Å². The molecular weight excluding hydrogens is 318 g/mol. The average molecular weight is 337 g/mol. The van der Waals surface area contributed by atoms with E-state index in [1.807, 2.05) is 13.1 Å². The van der Waals surface area contributed by atoms with Gasteiger partial charge in [-0.1, -0.05) is 30.4 Å². The van der Waals surface area contributed by atoms with Crippen LogP contribution in [0.25, 0.3) is 26.4 Å². The highest BCUT2D eigenvalue weighted by Crippen LogP contribution is 2.32. The molecule has 0 fully saturated rings. The number of rotatable bonds is 5. The average Bonchev–Trinajstić information content (AvgIpc) is 3.17. The fraction of sp³-hybridized carbons (Fsp3) is 0.211. The van der Waals surface area contributed by atoms with E-state index in [2.05, 4.69) is 59.2 Å². The van der Waals surface area contributed by atoms with Crippen LogP contribution < -0.4 is 10.1 Å². The third kappa shape index (κ3) is 2.61. The first-order valence-electron chi connectivity index (χ1n) is 8.11. The molecule has 0 aliphatic heterocycles. The molecule has 2 heterocycles. The van der Waals surface area contributed by atoms with Crippen LogP contribution in [0.1, 0.15) is 13.3 Å². The number of imidazole rings is 1. The Morgan fingerprint density at radius 3 is 2.75 bits per heavy atom. The van der Waals surface area contributed by atoms with Gasteiger partial charge in [0.05, 0.1) is 22.5 Å². The summed E-state index contributed by atoms with van der Waals surface area (Å²) in [7, 11) is 1.92. The molecule has 0 aliphatic rings. The van der Waals surface area contributed by atoms with E-state index in [1.54, 1.807) is 11.3 Å². The van der Waals surface area contributed by atoms with E-state index in [0.717, 1.165) is 40.7 Å². The molecule has 0 saturated heterocycles. The molecule has 5 heteroatoms. The van der Waals surface area contributed by atoms with Crippen molar-refractivity contribution in [1.82, 2.24) is 9.38 Å². The summed E-state index contributed by atoms with van der Waals surface area (Å²) in [4.78, 5) is 5.79. The molecule has 0 unspecified atom stereocenters. The SMILES string of the molecule is CCCOc1ccc2c(c1)sc1nc(-c3ccc(NC)cc3)cn12. The largest absolute Gasteiger partial charge is 0.494 e. The number of anilines is 1. The van der Waals surface area contributed by atoms with Gasteiger partial charge in [-0.25, -0.2) is 4.98 Å². The predicted molar refractivity (Wildman–Crippen MR) is 101 cm³/mol. The van der Waals surface area contributed by atoms with Crippen LogP contribution in [0.5, 0.6) is 5.75 Å². The van der Waals surface area contributed by atoms with Crippen LogP contribution in [0.3, 0.4) is 0 Å². The number of nitrogens with one attached hydrogen (secondary N) is 1. The second kappa shape index (κ2) is 6.17. The smallest absolute Gasteiger partial charge is 0.195 e. The first-order chi connectivity index (χ1) is 11.8. The molecule has 0 radical (unpaired) electrons. The van der Waals surface area contributed by atoms with Crippen molar-refractivity contribution in [2.45, 2.75) is 13.3 Å². The van der Waals surface area contributed by atoms with Crippen molar-refractivity contribution >= 4 is 32.2 Å². The highest BCUT2D eigenvalue weighted by molar-refractivity contribution is 7.23. The number of hydrogen-bond acceptors (Lipinski definition) is 4. The van der Waals surface area contributed by atoms with Gasteiger partial charge in [0.25, 0.3) is 0 Å². The summed E-state index contributed by atoms with van der Waals surface area (Å²) in [6.07, 6.45) is 3.12. The van der Waals surface area contributed by atoms with Crippen LogP contribution >= 0.6 is 11.3 Å². The summed E-state index contributed by atoms with van der Waals surface area (Å²) in [6, 6.07) is 14.6. The third-order valence-corrected chi connectivity index (χ3v) is 5.03. The minimum Gasteiger partial charge on any atom is -0.494 e. The fourth-order valence-corrected chi connectivity index (χ4v) is 3.77. The van der Waals surface area contributed by atoms with Crippen molar-refractivity contribution in [2.75, 3.05) is 19.0 Å². The van der Waals surface area contributed by atoms with E-state index in [0.29, 0.717) is 0 Å². The van der Waals surface area contributed by atoms with Gasteiger partial charge in [-0.3, -0.25) is 4.40 Å². The van der Waals surface area contributed by atoms with Crippen molar-refractivity contribution in [1.29, 1.82) is 0 Å². The molecule has 1 N–H and O–H groups in total. The Morgan fingerprint density at radius 1 is 1.17 bits per heavy atom. The summed E-state index contributed by atoms with van der Waals surface area (Å²) < 4.78 is 9.08. The number of nitrogens with zero attached hydrogens (tertiary/aromatic N) is 2. The van der Waals surface area contributed by atoms with Crippen LogP contribution in [0.2, 0.25) is 0 Å². The van der Waals surface area contributed by atoms with Gasteiger partial charge in [0, 0.05) is 24.5 Å². The lowest BCUT2D eigenvalue weighted by Crippen LogP contribution is -1.94. The highest BCUT2D eigenvalue weighted by Gasteiger charge is 2.11. The van der Waals surface area contributed by atoms with E-state index >= 15 is 0 Å². The van der Waals surface area contributed by atoms with Crippen LogP contribution in [0.4, 0.5) is 5.69 Å². The van der Waals surface area contributed by atoms with Crippen LogP contribution in [-0.2, 0) is 0 Å². The van der Waals surface area contributed by atoms with E-state index in [9.17, 15) is 0 Å². The third-order valence-electron chi connectivity index (χ3n) is 4.01. The number of ether oxygens (including phenoxy) is 1. The van der Waals surface area contributed by atoms with Gasteiger partial charge in [-0.2, -0.15) is 0 Å². The monoisotopic (exact) mass is 337 g/mol. The van der Waals surface area contributed by atoms with E-state index in [-0.39, 0.29) is 0 Å². The van der Waals surface area contributed by atoms with Gasteiger partial charge in [-0.05, 0) is 36.8 Å². The topological polar surface area (TPSA) is 38.6 Å². The fourth-order valence-electron chi connectivity index (χ4n) is 2.74. The Kier molecular flexibility index (Phi) is 3.86. The molecule has 0 bridgehead atoms. The Bertz CT molecular complexity index is 985. The van der Waals surface area contributed by atoms with Crippen molar-refractivity contribution in [3.05, 3.63) is 48.7 Å². The molecule has 4 nitrogen and oxygen atoms in total. The first kappa shape index (κ1) is 15.0. The van der Waals surface area contributed by atoms with Crippen LogP contribution in [0.15, 0.2) is 48.7 Å². The summed E-state index contributed by atoms with van der Waals surface area (Å²) in [5.74, 6) is 0.928. The summed E-state index contributed by atoms with van der Waals surface area (Å²) in [6.45, 7) is 2.86. The molecule has 0 spiro atoms. The molecule has 0 atom stereocenters. The Hall–Kier alpha value is -2.53. The molecule has 122 valence electrons. The van der Waals surface area contributed by atoms with Gasteiger partial charge in [0.2, 0.25) is 0 Å². The molecule has 0 amide bonds. The van der Waals surface area contributed by atoms with Gasteiger partial charge < -0.3 is 10.1 Å². The van der Waals surface area contributed by atoms with E-state index in [4.69, 9.17) is 9.72 Å². The highest BCUT2D eigenvalue weighted by atomic mass is 32.1. The zero-order valence-electron chi connectivity index (χ0n) is 13.7. The quantitative estimate of drug-likeness (QED) is 0.554. The minimum absolute atomic E-state index is 0.751. The lowest BCUT2D eigenvalue weighted by atomic mass is 10.1. The molecule has 2 aromatic heterocycles. The zero-order chi connectivity index (χ0) is 16.5. The number of aromatic nitrogens is 2. The molecule has 0 aliphatic carbocycles. The van der Waals surface area contributed by atoms with Gasteiger partial charge in [-0.15, -0.1) is 0 Å². The molecule has 24 heavy (non-hydrogen) atoms. The summed E-state index contributed by atoms with van der Waals surface area (Å²) in [5.41, 5.74) is 4.40. The zero-order valence-corrected chi connectivity index (χ0v) is 14.6. The van der Waals surface area contributed by atoms with Crippen LogP contribution in [0, 0.1) is 0 Å². The Labute approximate surface area is 144 Å². The number of hydrogen-bond donors (Lipinski definition) is 1. The van der Waals surface area contributed by atoms with Crippen molar-refractivity contribution in [3.8, 4) is 17.0 Å². The lowest BCUT2D eigenvalue weighted by Gasteiger charge is -2.03. The van der Waals surface area contributed by atoms with Gasteiger partial charge >= 0.3 is 0 Å². The van der Waals surface area contributed by atoms with Crippen molar-refractivity contribution < 1.29 is 4.74 Å². The predicted octanol–water partition coefficient (Wildman–Crippen LogP) is 5.05. The maximum absolute atomic E-state index is 5.72. The molecule has 0 saturated carbocycles. The molecule has 4 aromatic rings. The second-order valence-corrected chi connectivity index (χ2v) is 6.70. The minimum atomic E-state index is 0.751. The standard InChI is InChI=1S/C19H19N3OS/c1-3-10-23-15-8-9-17-18(11-15)24-19-21-16(12-22(17)19)13-4-6-14(20-2)7-5-13/h4-9,11-12,20H,3,10H2,1-2H3. The number of thiazole rings is 1. The number of fused-ring (bicyclic) bond motifs is 3. The van der Waals surface area contributed by atoms with Gasteiger partial charge in [0.15, 0.2) is 4.96 Å². The number of benzene rings is 2. The molecule has 4 rings (SSSR count). The maximum atomic E-state index is 5.72.